The van der Waals surface area contributed by atoms with Crippen LogP contribution >= 0.6 is 0 Å². The number of hydrogen-bond donors (Lipinski definition) is 1. The summed E-state index contributed by atoms with van der Waals surface area (Å²) in [5.74, 6) is -0.510. The lowest BCUT2D eigenvalue weighted by molar-refractivity contribution is 0.0879. The summed E-state index contributed by atoms with van der Waals surface area (Å²) in [5.41, 5.74) is 2.11. The van der Waals surface area contributed by atoms with Crippen LogP contribution in [0.4, 0.5) is 0 Å². The van der Waals surface area contributed by atoms with Gasteiger partial charge >= 0.3 is 0 Å². The molecule has 3 heteroatoms. The second-order valence-corrected chi connectivity index (χ2v) is 4.08. The molecule has 2 rings (SSSR count). The third-order valence-electron chi connectivity index (χ3n) is 2.90. The van der Waals surface area contributed by atoms with Gasteiger partial charge in [0, 0.05) is 0 Å². The van der Waals surface area contributed by atoms with E-state index in [-0.39, 0.29) is 11.8 Å². The van der Waals surface area contributed by atoms with E-state index in [2.05, 4.69) is 12.2 Å². The molecule has 0 saturated heterocycles. The zero-order valence-corrected chi connectivity index (χ0v) is 9.38. The monoisotopic (exact) mass is 217 g/mol. The number of hydrogen-bond acceptors (Lipinski definition) is 2. The van der Waals surface area contributed by atoms with Gasteiger partial charge in [-0.1, -0.05) is 31.9 Å². The van der Waals surface area contributed by atoms with Crippen molar-refractivity contribution in [1.82, 2.24) is 5.32 Å². The van der Waals surface area contributed by atoms with Crippen molar-refractivity contribution in [2.24, 2.45) is 0 Å². The van der Waals surface area contributed by atoms with Gasteiger partial charge < -0.3 is 0 Å². The Bertz CT molecular complexity index is 438. The molecular weight excluding hydrogens is 202 g/mol. The van der Waals surface area contributed by atoms with E-state index in [0.29, 0.717) is 11.1 Å². The molecule has 0 unspecified atom stereocenters. The van der Waals surface area contributed by atoms with Gasteiger partial charge in [-0.25, -0.2) is 0 Å². The molecule has 0 aromatic heterocycles. The molecule has 0 saturated carbocycles. The maximum Gasteiger partial charge on any atom is 0.259 e. The minimum atomic E-state index is -0.266. The second kappa shape index (κ2) is 4.47. The normalized spacial score (nSPS) is 13.8. The first-order valence-electron chi connectivity index (χ1n) is 5.71. The van der Waals surface area contributed by atoms with Gasteiger partial charge in [-0.15, -0.1) is 0 Å². The van der Waals surface area contributed by atoms with Gasteiger partial charge in [-0.05, 0) is 24.5 Å². The van der Waals surface area contributed by atoms with Gasteiger partial charge in [0.2, 0.25) is 0 Å². The van der Waals surface area contributed by atoms with E-state index < -0.39 is 0 Å². The fourth-order valence-corrected chi connectivity index (χ4v) is 2.06. The van der Waals surface area contributed by atoms with Gasteiger partial charge in [-0.2, -0.15) is 0 Å². The molecule has 1 aromatic carbocycles. The standard InChI is InChI=1S/C13H15NO2/c1-2-3-4-6-9-7-5-8-10-11(9)13(16)14-12(10)15/h5,7-8H,2-4,6H2,1H3,(H,14,15,16). The highest BCUT2D eigenvalue weighted by Gasteiger charge is 2.28. The number of unbranched alkanes of at least 4 members (excludes halogenated alkanes) is 2. The van der Waals surface area contributed by atoms with E-state index in [4.69, 9.17) is 0 Å². The minimum absolute atomic E-state index is 0.243. The first-order valence-corrected chi connectivity index (χ1v) is 5.71. The smallest absolute Gasteiger partial charge is 0.259 e. The number of imide groups is 1. The van der Waals surface area contributed by atoms with E-state index >= 15 is 0 Å². The van der Waals surface area contributed by atoms with Crippen molar-refractivity contribution >= 4 is 11.8 Å². The number of nitrogens with one attached hydrogen (secondary N) is 1. The highest BCUT2D eigenvalue weighted by Crippen LogP contribution is 2.21. The number of rotatable bonds is 4. The summed E-state index contributed by atoms with van der Waals surface area (Å²) < 4.78 is 0. The maximum atomic E-state index is 11.6. The molecule has 1 aromatic rings. The lowest BCUT2D eigenvalue weighted by Gasteiger charge is -2.04. The Morgan fingerprint density at radius 1 is 1.12 bits per heavy atom. The highest BCUT2D eigenvalue weighted by atomic mass is 16.2. The van der Waals surface area contributed by atoms with Crippen LogP contribution in [0.2, 0.25) is 0 Å². The van der Waals surface area contributed by atoms with Crippen molar-refractivity contribution < 1.29 is 9.59 Å². The molecule has 0 fully saturated rings. The van der Waals surface area contributed by atoms with Crippen LogP contribution in [0, 0.1) is 0 Å². The highest BCUT2D eigenvalue weighted by molar-refractivity contribution is 6.22. The van der Waals surface area contributed by atoms with Gasteiger partial charge in [-0.3, -0.25) is 14.9 Å². The zero-order valence-electron chi connectivity index (χ0n) is 9.38. The van der Waals surface area contributed by atoms with Crippen molar-refractivity contribution in [2.75, 3.05) is 0 Å². The van der Waals surface area contributed by atoms with Crippen molar-refractivity contribution in [1.29, 1.82) is 0 Å². The molecule has 0 radical (unpaired) electrons. The van der Waals surface area contributed by atoms with Crippen LogP contribution in [0.25, 0.3) is 0 Å². The molecule has 84 valence electrons. The van der Waals surface area contributed by atoms with Crippen LogP contribution in [0.1, 0.15) is 52.5 Å². The van der Waals surface area contributed by atoms with Crippen molar-refractivity contribution in [2.45, 2.75) is 32.6 Å². The summed E-state index contributed by atoms with van der Waals surface area (Å²) in [6.45, 7) is 2.14. The number of carbonyl (C=O) groups excluding carboxylic acids is 2. The van der Waals surface area contributed by atoms with E-state index in [0.717, 1.165) is 31.2 Å². The number of amides is 2. The summed E-state index contributed by atoms with van der Waals surface area (Å²) >= 11 is 0. The van der Waals surface area contributed by atoms with Gasteiger partial charge in [0.25, 0.3) is 11.8 Å². The molecule has 2 amide bonds. The van der Waals surface area contributed by atoms with Crippen molar-refractivity contribution in [3.05, 3.63) is 34.9 Å². The molecule has 3 nitrogen and oxygen atoms in total. The Hall–Kier alpha value is -1.64. The zero-order chi connectivity index (χ0) is 11.5. The van der Waals surface area contributed by atoms with Crippen LogP contribution in [0.15, 0.2) is 18.2 Å². The lowest BCUT2D eigenvalue weighted by Crippen LogP contribution is -2.20. The largest absolute Gasteiger partial charge is 0.288 e. The molecule has 1 aliphatic rings. The number of aryl methyl sites for hydroxylation is 1. The molecular formula is C13H15NO2. The molecule has 16 heavy (non-hydrogen) atoms. The first-order chi connectivity index (χ1) is 7.74. The molecule has 0 atom stereocenters. The number of carbonyl (C=O) groups is 2. The second-order valence-electron chi connectivity index (χ2n) is 4.08. The van der Waals surface area contributed by atoms with Crippen LogP contribution in [-0.4, -0.2) is 11.8 Å². The number of benzene rings is 1. The van der Waals surface area contributed by atoms with Gasteiger partial charge in [0.05, 0.1) is 11.1 Å². The van der Waals surface area contributed by atoms with Gasteiger partial charge in [0.1, 0.15) is 0 Å². The Kier molecular flexibility index (Phi) is 3.04. The molecule has 1 N–H and O–H groups in total. The Morgan fingerprint density at radius 2 is 1.94 bits per heavy atom. The van der Waals surface area contributed by atoms with Crippen LogP contribution in [-0.2, 0) is 6.42 Å². The van der Waals surface area contributed by atoms with Crippen LogP contribution in [0.5, 0.6) is 0 Å². The fraction of sp³-hybridized carbons (Fsp3) is 0.385. The molecule has 0 spiro atoms. The minimum Gasteiger partial charge on any atom is -0.288 e. The van der Waals surface area contributed by atoms with E-state index in [1.807, 2.05) is 12.1 Å². The molecule has 1 aliphatic heterocycles. The van der Waals surface area contributed by atoms with Crippen LogP contribution in [0.3, 0.4) is 0 Å². The topological polar surface area (TPSA) is 46.2 Å². The molecule has 1 heterocycles. The fourth-order valence-electron chi connectivity index (χ4n) is 2.06. The van der Waals surface area contributed by atoms with Crippen molar-refractivity contribution in [3.8, 4) is 0 Å². The van der Waals surface area contributed by atoms with E-state index in [1.165, 1.54) is 0 Å². The Morgan fingerprint density at radius 3 is 2.69 bits per heavy atom. The lowest BCUT2D eigenvalue weighted by atomic mass is 9.98. The summed E-state index contributed by atoms with van der Waals surface area (Å²) in [5, 5.41) is 2.34. The summed E-state index contributed by atoms with van der Waals surface area (Å²) in [6, 6.07) is 5.49. The maximum absolute atomic E-state index is 11.6. The third kappa shape index (κ3) is 1.85. The molecule has 0 aliphatic carbocycles. The third-order valence-corrected chi connectivity index (χ3v) is 2.90. The quantitative estimate of drug-likeness (QED) is 0.621. The predicted octanol–water partition coefficient (Wildman–Crippen LogP) is 2.30. The van der Waals surface area contributed by atoms with Gasteiger partial charge in [0.15, 0.2) is 0 Å². The Balaban J connectivity index is 2.27. The molecule has 0 bridgehead atoms. The summed E-state index contributed by atoms with van der Waals surface area (Å²) in [4.78, 5) is 23.0. The van der Waals surface area contributed by atoms with E-state index in [9.17, 15) is 9.59 Å². The summed E-state index contributed by atoms with van der Waals surface area (Å²) in [6.07, 6.45) is 4.24. The van der Waals surface area contributed by atoms with Crippen molar-refractivity contribution in [3.63, 3.8) is 0 Å². The predicted molar refractivity (Wildman–Crippen MR) is 61.5 cm³/mol. The first kappa shape index (κ1) is 10.9. The van der Waals surface area contributed by atoms with E-state index in [1.54, 1.807) is 6.07 Å². The average molecular weight is 217 g/mol. The SMILES string of the molecule is CCCCCc1cccc2c1C(=O)NC2=O. The number of fused-ring (bicyclic) bond motifs is 1. The van der Waals surface area contributed by atoms with Crippen LogP contribution < -0.4 is 5.32 Å². The average Bonchev–Trinajstić information content (AvgIpc) is 2.56. The Labute approximate surface area is 94.9 Å². The summed E-state index contributed by atoms with van der Waals surface area (Å²) in [7, 11) is 0.